The molecule has 1 aliphatic carbocycles. The highest BCUT2D eigenvalue weighted by Gasteiger charge is 2.61. The van der Waals surface area contributed by atoms with Crippen molar-refractivity contribution in [2.75, 3.05) is 7.11 Å². The summed E-state index contributed by atoms with van der Waals surface area (Å²) in [5.74, 6) is -2.12. The van der Waals surface area contributed by atoms with Crippen LogP contribution in [0.25, 0.3) is 0 Å². The Morgan fingerprint density at radius 3 is 2.59 bits per heavy atom. The number of rotatable bonds is 2. The standard InChI is InChI=1S/C18H22N4O4S/c1-23-13-12(11-9(7-19)15(21)27-16(22)10(11)8-20)24-17-14(13)25-18(26-17)5-3-2-4-6-18/h9,11-14,17,21H,2-6,22H2,1H3/t9-,11+,12+,13-,14+,17-/m0/s1. The third-order valence-electron chi connectivity index (χ3n) is 5.85. The molecule has 4 aliphatic rings. The molecule has 3 heterocycles. The number of ether oxygens (including phenoxy) is 4. The lowest BCUT2D eigenvalue weighted by atomic mass is 9.80. The van der Waals surface area contributed by atoms with E-state index in [-0.39, 0.29) is 15.6 Å². The van der Waals surface area contributed by atoms with E-state index in [1.165, 1.54) is 6.42 Å². The van der Waals surface area contributed by atoms with Crippen molar-refractivity contribution >= 4 is 16.8 Å². The molecule has 1 spiro atoms. The molecular formula is C18H22N4O4S. The number of hydrogen-bond acceptors (Lipinski definition) is 9. The average Bonchev–Trinajstić information content (AvgIpc) is 3.15. The van der Waals surface area contributed by atoms with Gasteiger partial charge in [0.1, 0.15) is 18.1 Å². The van der Waals surface area contributed by atoms with Crippen molar-refractivity contribution in [2.24, 2.45) is 17.6 Å². The van der Waals surface area contributed by atoms with Crippen molar-refractivity contribution in [2.45, 2.75) is 62.5 Å². The number of methoxy groups -OCH3 is 1. The summed E-state index contributed by atoms with van der Waals surface area (Å²) in [5, 5.41) is 27.7. The summed E-state index contributed by atoms with van der Waals surface area (Å²) < 4.78 is 24.3. The van der Waals surface area contributed by atoms with Crippen LogP contribution in [-0.4, -0.2) is 42.5 Å². The lowest BCUT2D eigenvalue weighted by Crippen LogP contribution is -2.46. The fourth-order valence-corrected chi connectivity index (χ4v) is 5.45. The molecule has 0 unspecified atom stereocenters. The molecule has 3 N–H and O–H groups in total. The van der Waals surface area contributed by atoms with E-state index in [2.05, 4.69) is 12.1 Å². The van der Waals surface area contributed by atoms with Gasteiger partial charge >= 0.3 is 0 Å². The van der Waals surface area contributed by atoms with Crippen molar-refractivity contribution in [3.8, 4) is 12.1 Å². The second-order valence-corrected chi connectivity index (χ2v) is 8.41. The van der Waals surface area contributed by atoms with Gasteiger partial charge in [0.05, 0.1) is 33.9 Å². The van der Waals surface area contributed by atoms with Gasteiger partial charge in [-0.15, -0.1) is 0 Å². The first-order chi connectivity index (χ1) is 13.0. The van der Waals surface area contributed by atoms with Crippen LogP contribution in [0.3, 0.4) is 0 Å². The van der Waals surface area contributed by atoms with E-state index in [0.717, 1.165) is 37.4 Å². The summed E-state index contributed by atoms with van der Waals surface area (Å²) in [6.07, 6.45) is 2.72. The molecule has 0 bridgehead atoms. The zero-order chi connectivity index (χ0) is 19.2. The predicted molar refractivity (Wildman–Crippen MR) is 96.0 cm³/mol. The Kier molecular flexibility index (Phi) is 4.91. The molecule has 27 heavy (non-hydrogen) atoms. The monoisotopic (exact) mass is 390 g/mol. The molecule has 144 valence electrons. The normalized spacial score (nSPS) is 40.6. The number of nitriles is 2. The SMILES string of the molecule is CO[C@@H]1[C@H]2OC3(CCCCC3)O[C@@H]2O[C@@H]1[C@H]1C(C#N)=C(N)SC(=N)[C@H]1C#N. The van der Waals surface area contributed by atoms with Gasteiger partial charge in [0.15, 0.2) is 12.1 Å². The van der Waals surface area contributed by atoms with Crippen molar-refractivity contribution in [1.29, 1.82) is 15.9 Å². The van der Waals surface area contributed by atoms with Crippen LogP contribution in [0.4, 0.5) is 0 Å². The van der Waals surface area contributed by atoms with Gasteiger partial charge in [-0.3, -0.25) is 5.41 Å². The maximum Gasteiger partial charge on any atom is 0.190 e. The molecule has 0 aromatic carbocycles. The number of hydrogen-bond donors (Lipinski definition) is 2. The first kappa shape index (κ1) is 18.7. The van der Waals surface area contributed by atoms with E-state index < -0.39 is 42.2 Å². The van der Waals surface area contributed by atoms with Gasteiger partial charge in [0.2, 0.25) is 0 Å². The van der Waals surface area contributed by atoms with Crippen LogP contribution >= 0.6 is 11.8 Å². The number of nitrogens with one attached hydrogen (secondary N) is 1. The highest BCUT2D eigenvalue weighted by Crippen LogP contribution is 2.49. The Hall–Kier alpha value is -1.62. The van der Waals surface area contributed by atoms with E-state index in [1.54, 1.807) is 7.11 Å². The summed E-state index contributed by atoms with van der Waals surface area (Å²) in [6.45, 7) is 0. The van der Waals surface area contributed by atoms with Crippen molar-refractivity contribution < 1.29 is 18.9 Å². The van der Waals surface area contributed by atoms with Gasteiger partial charge in [-0.1, -0.05) is 18.2 Å². The van der Waals surface area contributed by atoms with Gasteiger partial charge in [0, 0.05) is 25.9 Å². The lowest BCUT2D eigenvalue weighted by Gasteiger charge is -2.37. The molecule has 1 saturated carbocycles. The fraction of sp³-hybridized carbons (Fsp3) is 0.722. The summed E-state index contributed by atoms with van der Waals surface area (Å²) in [6, 6.07) is 4.23. The van der Waals surface area contributed by atoms with Crippen molar-refractivity contribution in [3.05, 3.63) is 10.6 Å². The smallest absolute Gasteiger partial charge is 0.190 e. The largest absolute Gasteiger partial charge is 0.392 e. The van der Waals surface area contributed by atoms with Gasteiger partial charge in [-0.2, -0.15) is 10.5 Å². The second kappa shape index (κ2) is 7.08. The molecule has 9 heteroatoms. The maximum absolute atomic E-state index is 9.62. The molecule has 0 amide bonds. The number of thioether (sulfide) groups is 1. The number of nitrogens with two attached hydrogens (primary N) is 1. The van der Waals surface area contributed by atoms with E-state index in [1.807, 2.05) is 0 Å². The zero-order valence-corrected chi connectivity index (χ0v) is 15.8. The van der Waals surface area contributed by atoms with Gasteiger partial charge < -0.3 is 24.7 Å². The van der Waals surface area contributed by atoms with Crippen molar-refractivity contribution in [1.82, 2.24) is 0 Å². The highest BCUT2D eigenvalue weighted by atomic mass is 32.2. The van der Waals surface area contributed by atoms with E-state index >= 15 is 0 Å². The first-order valence-corrected chi connectivity index (χ1v) is 9.95. The zero-order valence-electron chi connectivity index (χ0n) is 15.0. The Morgan fingerprint density at radius 2 is 1.96 bits per heavy atom. The maximum atomic E-state index is 9.62. The minimum absolute atomic E-state index is 0.111. The van der Waals surface area contributed by atoms with Crippen LogP contribution < -0.4 is 5.73 Å². The topological polar surface area (TPSA) is 134 Å². The summed E-state index contributed by atoms with van der Waals surface area (Å²) >= 11 is 0.954. The lowest BCUT2D eigenvalue weighted by molar-refractivity contribution is -0.250. The van der Waals surface area contributed by atoms with Crippen LogP contribution in [0, 0.1) is 39.9 Å². The fourth-order valence-electron chi connectivity index (χ4n) is 4.59. The molecular weight excluding hydrogens is 368 g/mol. The van der Waals surface area contributed by atoms with Crippen molar-refractivity contribution in [3.63, 3.8) is 0 Å². The van der Waals surface area contributed by atoms with E-state index in [9.17, 15) is 10.5 Å². The number of nitrogens with zero attached hydrogens (tertiary/aromatic N) is 2. The van der Waals surface area contributed by atoms with E-state index in [4.69, 9.17) is 30.1 Å². The Labute approximate surface area is 162 Å². The van der Waals surface area contributed by atoms with Crippen LogP contribution in [0.15, 0.2) is 10.6 Å². The third-order valence-corrected chi connectivity index (χ3v) is 6.76. The van der Waals surface area contributed by atoms with Crippen LogP contribution in [0.1, 0.15) is 32.1 Å². The van der Waals surface area contributed by atoms with Gasteiger partial charge in [-0.05, 0) is 12.8 Å². The third kappa shape index (κ3) is 2.95. The molecule has 0 aromatic heterocycles. The molecule has 4 rings (SSSR count). The molecule has 3 aliphatic heterocycles. The summed E-state index contributed by atoms with van der Waals surface area (Å²) in [4.78, 5) is 0. The van der Waals surface area contributed by atoms with Crippen LogP contribution in [0.5, 0.6) is 0 Å². The Bertz CT molecular complexity index is 751. The van der Waals surface area contributed by atoms with Gasteiger partial charge in [-0.25, -0.2) is 0 Å². The molecule has 0 aromatic rings. The minimum Gasteiger partial charge on any atom is -0.392 e. The van der Waals surface area contributed by atoms with Crippen LogP contribution in [0.2, 0.25) is 0 Å². The molecule has 0 radical (unpaired) electrons. The molecule has 3 fully saturated rings. The minimum atomic E-state index is -0.818. The second-order valence-electron chi connectivity index (χ2n) is 7.33. The Balaban J connectivity index is 1.63. The molecule has 6 atom stereocenters. The molecule has 8 nitrogen and oxygen atoms in total. The first-order valence-electron chi connectivity index (χ1n) is 9.13. The van der Waals surface area contributed by atoms with Gasteiger partial charge in [0.25, 0.3) is 0 Å². The predicted octanol–water partition coefficient (Wildman–Crippen LogP) is 1.98. The average molecular weight is 390 g/mol. The highest BCUT2D eigenvalue weighted by molar-refractivity contribution is 8.17. The summed E-state index contributed by atoms with van der Waals surface area (Å²) in [5.41, 5.74) is 6.25. The van der Waals surface area contributed by atoms with E-state index in [0.29, 0.717) is 0 Å². The van der Waals surface area contributed by atoms with Crippen LogP contribution in [-0.2, 0) is 18.9 Å². The summed E-state index contributed by atoms with van der Waals surface area (Å²) in [7, 11) is 1.56. The quantitative estimate of drug-likeness (QED) is 0.731. The molecule has 2 saturated heterocycles. The number of fused-ring (bicyclic) bond motifs is 1. The Morgan fingerprint density at radius 1 is 1.22 bits per heavy atom.